The molecule has 1 aromatic heterocycles. The third kappa shape index (κ3) is 5.01. The van der Waals surface area contributed by atoms with E-state index in [1.165, 1.54) is 11.3 Å². The lowest BCUT2D eigenvalue weighted by Crippen LogP contribution is -2.49. The highest BCUT2D eigenvalue weighted by Gasteiger charge is 2.29. The molecule has 1 aliphatic heterocycles. The Morgan fingerprint density at radius 3 is 2.36 bits per heavy atom. The number of hydrogen-bond acceptors (Lipinski definition) is 5. The summed E-state index contributed by atoms with van der Waals surface area (Å²) in [6.07, 6.45) is 0. The van der Waals surface area contributed by atoms with Crippen molar-refractivity contribution in [1.82, 2.24) is 9.21 Å². The van der Waals surface area contributed by atoms with Gasteiger partial charge in [0.25, 0.3) is 10.0 Å². The summed E-state index contributed by atoms with van der Waals surface area (Å²) < 4.78 is 33.6. The maximum Gasteiger partial charge on any atom is 0.252 e. The fraction of sp³-hybridized carbons (Fsp3) is 0.714. The number of rotatable bonds is 5. The first-order valence-electron chi connectivity index (χ1n) is 7.30. The predicted molar refractivity (Wildman–Crippen MR) is 92.9 cm³/mol. The Labute approximate surface area is 145 Å². The summed E-state index contributed by atoms with van der Waals surface area (Å²) in [5.41, 5.74) is -0.127. The van der Waals surface area contributed by atoms with Gasteiger partial charge >= 0.3 is 0 Å². The molecule has 0 aliphatic carbocycles. The maximum absolute atomic E-state index is 12.5. The second kappa shape index (κ2) is 7.27. The van der Waals surface area contributed by atoms with Gasteiger partial charge in [-0.1, -0.05) is 0 Å². The Kier molecular flexibility index (Phi) is 6.07. The van der Waals surface area contributed by atoms with Crippen LogP contribution >= 0.6 is 27.3 Å². The van der Waals surface area contributed by atoms with Crippen molar-refractivity contribution in [3.63, 3.8) is 0 Å². The van der Waals surface area contributed by atoms with Crippen molar-refractivity contribution < 1.29 is 13.2 Å². The van der Waals surface area contributed by atoms with Crippen molar-refractivity contribution in [3.05, 3.63) is 15.9 Å². The summed E-state index contributed by atoms with van der Waals surface area (Å²) in [6.45, 7) is 10.2. The van der Waals surface area contributed by atoms with Gasteiger partial charge in [-0.25, -0.2) is 8.42 Å². The van der Waals surface area contributed by atoms with E-state index in [-0.39, 0.29) is 5.60 Å². The van der Waals surface area contributed by atoms with Crippen molar-refractivity contribution in [3.8, 4) is 0 Å². The molecule has 0 spiro atoms. The predicted octanol–water partition coefficient (Wildman–Crippen LogP) is 2.63. The van der Waals surface area contributed by atoms with E-state index in [1.807, 2.05) is 20.8 Å². The molecule has 22 heavy (non-hydrogen) atoms. The van der Waals surface area contributed by atoms with Gasteiger partial charge in [0.05, 0.1) is 16.0 Å². The SMILES string of the molecule is CC(C)(C)OCCN1CCN(S(=O)(=O)c2ccc(Br)s2)CC1. The van der Waals surface area contributed by atoms with Crippen LogP contribution in [0.1, 0.15) is 20.8 Å². The highest BCUT2D eigenvalue weighted by Crippen LogP contribution is 2.28. The zero-order valence-corrected chi connectivity index (χ0v) is 16.4. The minimum Gasteiger partial charge on any atom is -0.375 e. The van der Waals surface area contributed by atoms with Crippen LogP contribution in [0.3, 0.4) is 0 Å². The molecular weight excluding hydrogens is 388 g/mol. The summed E-state index contributed by atoms with van der Waals surface area (Å²) in [6, 6.07) is 3.44. The van der Waals surface area contributed by atoms with Gasteiger partial charge in [-0.2, -0.15) is 4.31 Å². The van der Waals surface area contributed by atoms with Gasteiger partial charge in [0, 0.05) is 32.7 Å². The van der Waals surface area contributed by atoms with Gasteiger partial charge in [0.15, 0.2) is 0 Å². The van der Waals surface area contributed by atoms with E-state index in [1.54, 1.807) is 16.4 Å². The summed E-state index contributed by atoms with van der Waals surface area (Å²) in [4.78, 5) is 2.25. The molecule has 0 bridgehead atoms. The number of sulfonamides is 1. The Morgan fingerprint density at radius 2 is 1.86 bits per heavy atom. The van der Waals surface area contributed by atoms with Crippen molar-refractivity contribution in [2.24, 2.45) is 0 Å². The van der Waals surface area contributed by atoms with Gasteiger partial charge in [0.1, 0.15) is 4.21 Å². The van der Waals surface area contributed by atoms with Crippen LogP contribution in [0.15, 0.2) is 20.1 Å². The van der Waals surface area contributed by atoms with Crippen molar-refractivity contribution in [1.29, 1.82) is 0 Å². The van der Waals surface area contributed by atoms with Crippen LogP contribution in [0.25, 0.3) is 0 Å². The van der Waals surface area contributed by atoms with Gasteiger partial charge in [-0.3, -0.25) is 4.90 Å². The molecule has 1 saturated heterocycles. The van der Waals surface area contributed by atoms with Crippen LogP contribution in [0.5, 0.6) is 0 Å². The number of halogens is 1. The normalized spacial score (nSPS) is 18.7. The third-order valence-corrected chi connectivity index (χ3v) is 7.41. The van der Waals surface area contributed by atoms with E-state index in [4.69, 9.17) is 4.74 Å². The topological polar surface area (TPSA) is 49.9 Å². The van der Waals surface area contributed by atoms with E-state index < -0.39 is 10.0 Å². The third-order valence-electron chi connectivity index (χ3n) is 3.42. The zero-order valence-electron chi connectivity index (χ0n) is 13.2. The second-order valence-corrected chi connectivity index (χ2v) is 10.9. The number of hydrogen-bond donors (Lipinski definition) is 0. The highest BCUT2D eigenvalue weighted by molar-refractivity contribution is 9.11. The summed E-state index contributed by atoms with van der Waals surface area (Å²) in [5.74, 6) is 0. The van der Waals surface area contributed by atoms with Crippen molar-refractivity contribution in [2.45, 2.75) is 30.6 Å². The standard InChI is InChI=1S/C14H23BrN2O3S2/c1-14(2,3)20-11-10-16-6-8-17(9-7-16)22(18,19)13-5-4-12(15)21-13/h4-5H,6-11H2,1-3H3. The van der Waals surface area contributed by atoms with Crippen LogP contribution in [-0.4, -0.2) is 62.6 Å². The first-order chi connectivity index (χ1) is 10.2. The number of thiophene rings is 1. The molecule has 2 heterocycles. The lowest BCUT2D eigenvalue weighted by Gasteiger charge is -2.34. The monoisotopic (exact) mass is 410 g/mol. The van der Waals surface area contributed by atoms with Crippen LogP contribution in [0.4, 0.5) is 0 Å². The minimum atomic E-state index is -3.34. The second-order valence-electron chi connectivity index (χ2n) is 6.27. The molecule has 0 N–H and O–H groups in total. The number of nitrogens with zero attached hydrogens (tertiary/aromatic N) is 2. The average Bonchev–Trinajstić information content (AvgIpc) is 2.85. The van der Waals surface area contributed by atoms with Crippen LogP contribution < -0.4 is 0 Å². The lowest BCUT2D eigenvalue weighted by molar-refractivity contribution is -0.0156. The van der Waals surface area contributed by atoms with E-state index in [2.05, 4.69) is 20.8 Å². The van der Waals surface area contributed by atoms with E-state index >= 15 is 0 Å². The Balaban J connectivity index is 1.84. The quantitative estimate of drug-likeness (QED) is 0.748. The Bertz CT molecular complexity index is 587. The molecule has 1 aromatic rings. The van der Waals surface area contributed by atoms with Gasteiger partial charge in [0.2, 0.25) is 0 Å². The smallest absolute Gasteiger partial charge is 0.252 e. The van der Waals surface area contributed by atoms with Crippen LogP contribution in [-0.2, 0) is 14.8 Å². The average molecular weight is 411 g/mol. The van der Waals surface area contributed by atoms with Gasteiger partial charge in [-0.05, 0) is 48.8 Å². The molecular formula is C14H23BrN2O3S2. The maximum atomic E-state index is 12.5. The first-order valence-corrected chi connectivity index (χ1v) is 10.4. The van der Waals surface area contributed by atoms with E-state index in [0.717, 1.165) is 23.4 Å². The molecule has 0 aromatic carbocycles. The van der Waals surface area contributed by atoms with Gasteiger partial charge in [-0.15, -0.1) is 11.3 Å². The first kappa shape index (κ1) is 18.4. The molecule has 0 saturated carbocycles. The summed E-state index contributed by atoms with van der Waals surface area (Å²) in [7, 11) is -3.34. The van der Waals surface area contributed by atoms with E-state index in [9.17, 15) is 8.42 Å². The van der Waals surface area contributed by atoms with Crippen LogP contribution in [0.2, 0.25) is 0 Å². The fourth-order valence-electron chi connectivity index (χ4n) is 2.24. The molecule has 126 valence electrons. The summed E-state index contributed by atoms with van der Waals surface area (Å²) >= 11 is 4.58. The molecule has 1 fully saturated rings. The van der Waals surface area contributed by atoms with Crippen molar-refractivity contribution >= 4 is 37.3 Å². The summed E-state index contributed by atoms with van der Waals surface area (Å²) in [5, 5.41) is 0. The lowest BCUT2D eigenvalue weighted by atomic mass is 10.2. The number of piperazine rings is 1. The number of ether oxygens (including phenoxy) is 1. The molecule has 0 atom stereocenters. The Morgan fingerprint density at radius 1 is 1.23 bits per heavy atom. The molecule has 8 heteroatoms. The largest absolute Gasteiger partial charge is 0.375 e. The molecule has 5 nitrogen and oxygen atoms in total. The fourth-order valence-corrected chi connectivity index (χ4v) is 5.82. The van der Waals surface area contributed by atoms with Crippen LogP contribution in [0, 0.1) is 0 Å². The molecule has 0 amide bonds. The van der Waals surface area contributed by atoms with E-state index in [0.29, 0.717) is 23.9 Å². The zero-order chi connectivity index (χ0) is 16.4. The molecule has 0 radical (unpaired) electrons. The minimum absolute atomic E-state index is 0.127. The molecule has 2 rings (SSSR count). The molecule has 1 aliphatic rings. The van der Waals surface area contributed by atoms with Crippen molar-refractivity contribution in [2.75, 3.05) is 39.3 Å². The molecule has 0 unspecified atom stereocenters. The highest BCUT2D eigenvalue weighted by atomic mass is 79.9. The van der Waals surface area contributed by atoms with Gasteiger partial charge < -0.3 is 4.74 Å². The Hall–Kier alpha value is 0.01000.